The third kappa shape index (κ3) is 73.8. The summed E-state index contributed by atoms with van der Waals surface area (Å²) in [5.41, 5.74) is 0. The summed E-state index contributed by atoms with van der Waals surface area (Å²) in [6.07, 6.45) is 96.5. The molecule has 6 heteroatoms. The second-order valence-electron chi connectivity index (χ2n) is 28.5. The van der Waals surface area contributed by atoms with Crippen LogP contribution in [-0.2, 0) is 14.3 Å². The van der Waals surface area contributed by atoms with E-state index in [0.717, 1.165) is 38.5 Å². The molecule has 0 bridgehead atoms. The van der Waals surface area contributed by atoms with Gasteiger partial charge in [-0.25, -0.2) is 0 Å². The highest BCUT2D eigenvalue weighted by molar-refractivity contribution is 5.76. The molecule has 0 aromatic rings. The molecule has 0 saturated heterocycles. The third-order valence-corrected chi connectivity index (χ3v) is 19.7. The second-order valence-corrected chi connectivity index (χ2v) is 28.5. The first kappa shape index (κ1) is 85.9. The first-order chi connectivity index (χ1) is 43.0. The molecule has 0 aliphatic carbocycles. The maximum atomic E-state index is 12.5. The predicted molar refractivity (Wildman–Crippen MR) is 384 cm³/mol. The van der Waals surface area contributed by atoms with Crippen molar-refractivity contribution < 1.29 is 24.5 Å². The van der Waals surface area contributed by atoms with Crippen LogP contribution in [0.3, 0.4) is 0 Å². The number of rotatable bonds is 78. The smallest absolute Gasteiger partial charge is 0.305 e. The van der Waals surface area contributed by atoms with Crippen LogP contribution in [0, 0.1) is 0 Å². The van der Waals surface area contributed by atoms with Crippen LogP contribution in [0.5, 0.6) is 0 Å². The van der Waals surface area contributed by atoms with Crippen LogP contribution < -0.4 is 5.32 Å². The van der Waals surface area contributed by atoms with Crippen molar-refractivity contribution in [1.82, 2.24) is 5.32 Å². The fourth-order valence-electron chi connectivity index (χ4n) is 13.5. The maximum Gasteiger partial charge on any atom is 0.305 e. The lowest BCUT2D eigenvalue weighted by atomic mass is 10.0. The van der Waals surface area contributed by atoms with Crippen molar-refractivity contribution in [3.8, 4) is 0 Å². The van der Waals surface area contributed by atoms with Gasteiger partial charge in [0.25, 0.3) is 0 Å². The van der Waals surface area contributed by atoms with Crippen molar-refractivity contribution in [2.75, 3.05) is 13.2 Å². The van der Waals surface area contributed by atoms with Gasteiger partial charge in [0.1, 0.15) is 0 Å². The van der Waals surface area contributed by atoms with E-state index in [-0.39, 0.29) is 18.5 Å². The van der Waals surface area contributed by atoms with Crippen LogP contribution in [0.2, 0.25) is 0 Å². The van der Waals surface area contributed by atoms with E-state index in [2.05, 4.69) is 19.2 Å². The van der Waals surface area contributed by atoms with Crippen molar-refractivity contribution in [3.05, 3.63) is 0 Å². The molecule has 0 fully saturated rings. The van der Waals surface area contributed by atoms with Gasteiger partial charge in [0.2, 0.25) is 5.91 Å². The molecular formula is C81H161NO5. The van der Waals surface area contributed by atoms with E-state index in [1.807, 2.05) is 0 Å². The minimum atomic E-state index is -0.659. The molecule has 3 N–H and O–H groups in total. The molecular weight excluding hydrogens is 1070 g/mol. The highest BCUT2D eigenvalue weighted by Crippen LogP contribution is 2.21. The average molecular weight is 1230 g/mol. The van der Waals surface area contributed by atoms with Gasteiger partial charge in [-0.15, -0.1) is 0 Å². The number of carbonyl (C=O) groups is 2. The molecule has 2 unspecified atom stereocenters. The van der Waals surface area contributed by atoms with Crippen LogP contribution in [0.1, 0.15) is 483 Å². The topological polar surface area (TPSA) is 95.9 Å². The number of aliphatic hydroxyl groups excluding tert-OH is 2. The molecule has 6 nitrogen and oxygen atoms in total. The molecule has 520 valence electrons. The fraction of sp³-hybridized carbons (Fsp3) is 0.975. The highest BCUT2D eigenvalue weighted by atomic mass is 16.5. The maximum absolute atomic E-state index is 12.5. The summed E-state index contributed by atoms with van der Waals surface area (Å²) in [7, 11) is 0. The normalized spacial score (nSPS) is 12.4. The molecule has 0 rings (SSSR count). The predicted octanol–water partition coefficient (Wildman–Crippen LogP) is 26.9. The number of aliphatic hydroxyl groups is 2. The fourth-order valence-corrected chi connectivity index (χ4v) is 13.5. The Labute approximate surface area is 547 Å². The molecule has 0 heterocycles. The molecule has 1 amide bonds. The highest BCUT2D eigenvalue weighted by Gasteiger charge is 2.20. The minimum absolute atomic E-state index is 0.0245. The van der Waals surface area contributed by atoms with E-state index in [1.54, 1.807) is 0 Å². The van der Waals surface area contributed by atoms with E-state index < -0.39 is 12.1 Å². The van der Waals surface area contributed by atoms with Crippen LogP contribution in [-0.4, -0.2) is 47.4 Å². The van der Waals surface area contributed by atoms with E-state index in [9.17, 15) is 19.8 Å². The van der Waals surface area contributed by atoms with Gasteiger partial charge in [-0.05, 0) is 25.7 Å². The summed E-state index contributed by atoms with van der Waals surface area (Å²) in [6.45, 7) is 5.02. The molecule has 0 aromatic heterocycles. The van der Waals surface area contributed by atoms with E-state index >= 15 is 0 Å². The standard InChI is InChI=1S/C81H161NO5/c1-3-5-7-9-11-13-15-17-19-42-47-51-55-59-63-67-71-75-81(86)87-76-72-68-64-60-56-52-48-44-41-39-37-35-33-31-29-27-25-23-21-22-24-26-28-30-32-34-36-38-40-43-46-50-54-58-62-66-70-74-80(85)82-78(77-83)79(84)73-69-65-61-57-53-49-45-20-18-16-14-12-10-8-6-4-2/h78-79,83-84H,3-77H2,1-2H3,(H,82,85). The molecule has 0 aliphatic heterocycles. The molecule has 0 spiro atoms. The number of ether oxygens (including phenoxy) is 1. The van der Waals surface area contributed by atoms with Gasteiger partial charge >= 0.3 is 5.97 Å². The lowest BCUT2D eigenvalue weighted by Crippen LogP contribution is -2.45. The van der Waals surface area contributed by atoms with E-state index in [1.165, 1.54) is 411 Å². The summed E-state index contributed by atoms with van der Waals surface area (Å²) >= 11 is 0. The summed E-state index contributed by atoms with van der Waals surface area (Å²) in [4.78, 5) is 24.7. The summed E-state index contributed by atoms with van der Waals surface area (Å²) < 4.78 is 5.52. The zero-order valence-electron chi connectivity index (χ0n) is 59.8. The quantitative estimate of drug-likeness (QED) is 0.0417. The zero-order valence-corrected chi connectivity index (χ0v) is 59.8. The minimum Gasteiger partial charge on any atom is -0.466 e. The monoisotopic (exact) mass is 1230 g/mol. The Bertz CT molecular complexity index is 1280. The zero-order chi connectivity index (χ0) is 62.8. The number of nitrogens with one attached hydrogen (secondary N) is 1. The van der Waals surface area contributed by atoms with Crippen molar-refractivity contribution in [1.29, 1.82) is 0 Å². The molecule has 2 atom stereocenters. The van der Waals surface area contributed by atoms with Gasteiger partial charge in [0.05, 0.1) is 25.4 Å². The van der Waals surface area contributed by atoms with Crippen LogP contribution in [0.4, 0.5) is 0 Å². The van der Waals surface area contributed by atoms with Crippen LogP contribution >= 0.6 is 0 Å². The van der Waals surface area contributed by atoms with Crippen LogP contribution in [0.15, 0.2) is 0 Å². The Morgan fingerprint density at radius 3 is 0.701 bits per heavy atom. The number of esters is 1. The second kappa shape index (κ2) is 77.3. The first-order valence-corrected chi connectivity index (χ1v) is 40.8. The van der Waals surface area contributed by atoms with Crippen molar-refractivity contribution in [2.24, 2.45) is 0 Å². The first-order valence-electron chi connectivity index (χ1n) is 40.8. The SMILES string of the molecule is CCCCCCCCCCCCCCCCCCCC(=O)OCCCCCCCCCCCCCCCCCCCCCCCCCCCCCCCCCCCCCCCC(=O)NC(CO)C(O)CCCCCCCCCCCCCCCCCC. The number of hydrogen-bond acceptors (Lipinski definition) is 5. The van der Waals surface area contributed by atoms with Gasteiger partial charge in [-0.3, -0.25) is 9.59 Å². The summed E-state index contributed by atoms with van der Waals surface area (Å²) in [5.74, 6) is 0.00436. The molecule has 0 saturated carbocycles. The van der Waals surface area contributed by atoms with Gasteiger partial charge in [-0.2, -0.15) is 0 Å². The molecule has 0 aromatic carbocycles. The van der Waals surface area contributed by atoms with Crippen LogP contribution in [0.25, 0.3) is 0 Å². The Kier molecular flexibility index (Phi) is 76.3. The van der Waals surface area contributed by atoms with Gasteiger partial charge in [0, 0.05) is 12.8 Å². The molecule has 0 aliphatic rings. The van der Waals surface area contributed by atoms with E-state index in [4.69, 9.17) is 4.74 Å². The van der Waals surface area contributed by atoms with E-state index in [0.29, 0.717) is 25.9 Å². The summed E-state index contributed by atoms with van der Waals surface area (Å²) in [5, 5.41) is 23.4. The number of carbonyl (C=O) groups excluding carboxylic acids is 2. The number of unbranched alkanes of at least 4 members (excludes halogenated alkanes) is 67. The average Bonchev–Trinajstić information content (AvgIpc) is 3.52. The third-order valence-electron chi connectivity index (χ3n) is 19.7. The Balaban J connectivity index is 3.27. The Hall–Kier alpha value is -1.14. The summed E-state index contributed by atoms with van der Waals surface area (Å²) in [6, 6.07) is -0.536. The largest absolute Gasteiger partial charge is 0.466 e. The number of amides is 1. The van der Waals surface area contributed by atoms with Gasteiger partial charge in [-0.1, -0.05) is 444 Å². The lowest BCUT2D eigenvalue weighted by molar-refractivity contribution is -0.143. The van der Waals surface area contributed by atoms with Gasteiger partial charge < -0.3 is 20.3 Å². The van der Waals surface area contributed by atoms with Gasteiger partial charge in [0.15, 0.2) is 0 Å². The lowest BCUT2D eigenvalue weighted by Gasteiger charge is -2.22. The van der Waals surface area contributed by atoms with Crippen molar-refractivity contribution >= 4 is 11.9 Å². The Morgan fingerprint density at radius 1 is 0.276 bits per heavy atom. The van der Waals surface area contributed by atoms with Crippen molar-refractivity contribution in [3.63, 3.8) is 0 Å². The Morgan fingerprint density at radius 2 is 0.471 bits per heavy atom. The van der Waals surface area contributed by atoms with Crippen molar-refractivity contribution in [2.45, 2.75) is 495 Å². The molecule has 0 radical (unpaired) electrons. The number of hydrogen-bond donors (Lipinski definition) is 3. The molecule has 87 heavy (non-hydrogen) atoms.